The topological polar surface area (TPSA) is 39.3 Å². The van der Waals surface area contributed by atoms with Crippen LogP contribution in [0, 0.1) is 0 Å². The van der Waals surface area contributed by atoms with Crippen molar-refractivity contribution in [3.63, 3.8) is 0 Å². The van der Waals surface area contributed by atoms with Gasteiger partial charge >= 0.3 is 8.72 Å². The Balaban J connectivity index is 4.53. The van der Waals surface area contributed by atoms with Gasteiger partial charge in [0.15, 0.2) is 0 Å². The van der Waals surface area contributed by atoms with E-state index < -0.39 is 8.72 Å². The molecule has 0 atom stereocenters. The monoisotopic (exact) mass is 204 g/mol. The highest BCUT2D eigenvalue weighted by molar-refractivity contribution is 6.69. The van der Waals surface area contributed by atoms with Crippen LogP contribution in [-0.4, -0.2) is 47.0 Å². The Bertz CT molecular complexity index is 136. The van der Waals surface area contributed by atoms with Crippen LogP contribution in [0.15, 0.2) is 0 Å². The fourth-order valence-electron chi connectivity index (χ4n) is 1.42. The molecular formula is C8H24N4Si. The maximum absolute atomic E-state index is 3.52. The van der Waals surface area contributed by atoms with Crippen LogP contribution in [0.5, 0.6) is 0 Å². The number of rotatable bonds is 6. The van der Waals surface area contributed by atoms with Gasteiger partial charge in [-0.25, -0.2) is 0 Å². The van der Waals surface area contributed by atoms with Gasteiger partial charge in [-0.2, -0.15) is 0 Å². The van der Waals surface area contributed by atoms with Crippen LogP contribution < -0.4 is 14.9 Å². The highest BCUT2D eigenvalue weighted by Gasteiger charge is 2.37. The second-order valence-electron chi connectivity index (χ2n) is 3.45. The molecule has 0 aliphatic heterocycles. The standard InChI is InChI=1S/C8H24N4Si/c1-7-11-13(9-4,10-5)12(6)8(2)3/h8-11H,7H2,1-6H3. The van der Waals surface area contributed by atoms with Crippen molar-refractivity contribution in [3.8, 4) is 0 Å². The number of hydrogen-bond donors (Lipinski definition) is 3. The molecule has 0 bridgehead atoms. The Morgan fingerprint density at radius 1 is 1.23 bits per heavy atom. The third-order valence-electron chi connectivity index (χ3n) is 2.46. The molecule has 4 nitrogen and oxygen atoms in total. The van der Waals surface area contributed by atoms with E-state index in [0.29, 0.717) is 6.04 Å². The third-order valence-corrected chi connectivity index (χ3v) is 6.35. The van der Waals surface area contributed by atoms with Gasteiger partial charge in [0.05, 0.1) is 0 Å². The maximum Gasteiger partial charge on any atom is 0.368 e. The zero-order valence-electron chi connectivity index (χ0n) is 9.73. The van der Waals surface area contributed by atoms with Crippen molar-refractivity contribution in [3.05, 3.63) is 0 Å². The van der Waals surface area contributed by atoms with Crippen LogP contribution in [0.4, 0.5) is 0 Å². The summed E-state index contributed by atoms with van der Waals surface area (Å²) in [7, 11) is 4.33. The third kappa shape index (κ3) is 3.03. The molecule has 0 radical (unpaired) electrons. The minimum absolute atomic E-state index is 0.533. The normalized spacial score (nSPS) is 12.9. The van der Waals surface area contributed by atoms with Gasteiger partial charge in [-0.05, 0) is 27.7 Å². The molecule has 0 saturated carbocycles. The fourth-order valence-corrected chi connectivity index (χ4v) is 4.27. The molecule has 0 aliphatic rings. The van der Waals surface area contributed by atoms with Crippen LogP contribution in [0.1, 0.15) is 20.8 Å². The van der Waals surface area contributed by atoms with Crippen molar-refractivity contribution in [2.75, 3.05) is 27.7 Å². The Morgan fingerprint density at radius 3 is 1.92 bits per heavy atom. The highest BCUT2D eigenvalue weighted by atomic mass is 28.4. The second kappa shape index (κ2) is 5.72. The van der Waals surface area contributed by atoms with Crippen molar-refractivity contribution in [1.82, 2.24) is 19.5 Å². The maximum atomic E-state index is 3.52. The van der Waals surface area contributed by atoms with E-state index in [1.165, 1.54) is 0 Å². The van der Waals surface area contributed by atoms with Gasteiger partial charge in [0, 0.05) is 6.04 Å². The van der Waals surface area contributed by atoms with E-state index in [-0.39, 0.29) is 0 Å². The molecule has 0 fully saturated rings. The smallest absolute Gasteiger partial charge is 0.303 e. The molecule has 0 aliphatic carbocycles. The van der Waals surface area contributed by atoms with E-state index in [9.17, 15) is 0 Å². The average molecular weight is 204 g/mol. The lowest BCUT2D eigenvalue weighted by Crippen LogP contribution is -2.80. The predicted molar refractivity (Wildman–Crippen MR) is 60.4 cm³/mol. The minimum Gasteiger partial charge on any atom is -0.303 e. The lowest BCUT2D eigenvalue weighted by molar-refractivity contribution is 0.385. The molecule has 3 N–H and O–H groups in total. The first-order valence-corrected chi connectivity index (χ1v) is 6.84. The Labute approximate surface area is 83.4 Å². The molecular weight excluding hydrogens is 180 g/mol. The SMILES string of the molecule is CCN[Si](NC)(NC)N(C)C(C)C. The fraction of sp³-hybridized carbons (Fsp3) is 1.00. The van der Waals surface area contributed by atoms with E-state index in [1.807, 2.05) is 14.1 Å². The summed E-state index contributed by atoms with van der Waals surface area (Å²) in [5.74, 6) is 0. The van der Waals surface area contributed by atoms with Crippen LogP contribution in [0.2, 0.25) is 0 Å². The summed E-state index contributed by atoms with van der Waals surface area (Å²) < 4.78 is 2.36. The summed E-state index contributed by atoms with van der Waals surface area (Å²) in [6, 6.07) is 0.533. The van der Waals surface area contributed by atoms with Crippen LogP contribution in [0.3, 0.4) is 0 Å². The molecule has 0 saturated heterocycles. The first kappa shape index (κ1) is 13.1. The predicted octanol–water partition coefficient (Wildman–Crippen LogP) is -0.189. The van der Waals surface area contributed by atoms with Gasteiger partial charge in [0.1, 0.15) is 0 Å². The van der Waals surface area contributed by atoms with E-state index in [2.05, 4.69) is 47.3 Å². The Morgan fingerprint density at radius 2 is 1.69 bits per heavy atom. The lowest BCUT2D eigenvalue weighted by atomic mass is 10.4. The summed E-state index contributed by atoms with van der Waals surface area (Å²) in [6.45, 7) is 7.51. The van der Waals surface area contributed by atoms with E-state index in [1.54, 1.807) is 0 Å². The van der Waals surface area contributed by atoms with E-state index in [4.69, 9.17) is 0 Å². The van der Waals surface area contributed by atoms with Gasteiger partial charge in [0.2, 0.25) is 0 Å². The van der Waals surface area contributed by atoms with Crippen LogP contribution >= 0.6 is 0 Å². The van der Waals surface area contributed by atoms with Gasteiger partial charge in [-0.15, -0.1) is 0 Å². The first-order valence-electron chi connectivity index (χ1n) is 4.89. The van der Waals surface area contributed by atoms with E-state index >= 15 is 0 Å². The molecule has 0 aromatic carbocycles. The van der Waals surface area contributed by atoms with Crippen LogP contribution in [-0.2, 0) is 0 Å². The Kier molecular flexibility index (Phi) is 5.74. The molecule has 0 aromatic heterocycles. The summed E-state index contributed by atoms with van der Waals surface area (Å²) in [5, 5.41) is 0. The minimum atomic E-state index is -1.83. The zero-order valence-corrected chi connectivity index (χ0v) is 10.7. The molecule has 13 heavy (non-hydrogen) atoms. The van der Waals surface area contributed by atoms with Crippen molar-refractivity contribution >= 4 is 8.72 Å². The number of nitrogens with zero attached hydrogens (tertiary/aromatic N) is 1. The number of nitrogens with one attached hydrogen (secondary N) is 3. The zero-order chi connectivity index (χ0) is 10.5. The molecule has 0 unspecified atom stereocenters. The first-order chi connectivity index (χ1) is 6.04. The van der Waals surface area contributed by atoms with Crippen molar-refractivity contribution in [2.45, 2.75) is 26.8 Å². The largest absolute Gasteiger partial charge is 0.368 e. The molecule has 5 heteroatoms. The molecule has 0 spiro atoms. The van der Waals surface area contributed by atoms with Crippen LogP contribution in [0.25, 0.3) is 0 Å². The lowest BCUT2D eigenvalue weighted by Gasteiger charge is -2.40. The van der Waals surface area contributed by atoms with E-state index in [0.717, 1.165) is 6.54 Å². The van der Waals surface area contributed by atoms with Gasteiger partial charge < -0.3 is 14.9 Å². The van der Waals surface area contributed by atoms with Crippen molar-refractivity contribution < 1.29 is 0 Å². The molecule has 80 valence electrons. The van der Waals surface area contributed by atoms with Crippen molar-refractivity contribution in [2.24, 2.45) is 0 Å². The Hall–Kier alpha value is 0.0569. The summed E-state index contributed by atoms with van der Waals surface area (Å²) in [5.41, 5.74) is 0. The second-order valence-corrected chi connectivity index (χ2v) is 6.93. The molecule has 0 heterocycles. The molecule has 0 rings (SSSR count). The summed E-state index contributed by atoms with van der Waals surface area (Å²) >= 11 is 0. The van der Waals surface area contributed by atoms with Crippen molar-refractivity contribution in [1.29, 1.82) is 0 Å². The molecule has 0 aromatic rings. The highest BCUT2D eigenvalue weighted by Crippen LogP contribution is 2.01. The van der Waals surface area contributed by atoms with Gasteiger partial charge in [-0.3, -0.25) is 4.57 Å². The summed E-state index contributed by atoms with van der Waals surface area (Å²) in [4.78, 5) is 10.3. The summed E-state index contributed by atoms with van der Waals surface area (Å²) in [6.07, 6.45) is 0. The van der Waals surface area contributed by atoms with Gasteiger partial charge in [-0.1, -0.05) is 20.8 Å². The average Bonchev–Trinajstić information content (AvgIpc) is 2.13. The number of hydrogen-bond acceptors (Lipinski definition) is 4. The quantitative estimate of drug-likeness (QED) is 0.525. The van der Waals surface area contributed by atoms with Gasteiger partial charge in [0.25, 0.3) is 0 Å². The molecule has 0 amide bonds.